The fourth-order valence-corrected chi connectivity index (χ4v) is 9.13. The SMILES string of the molecule is CC/C=C\C/C=C\C/C=C\C/C=C\CCCCCCCCCCC(=O)NC(COC1OC(CO)C(OC2OC(CO)C(OC3OC(CO)C(O)C(O)C3O)C(O)C2O)C(O)C1O)C(O)CCCCCCCCC. The number of carbonyl (C=O) groups is 1. The van der Waals surface area contributed by atoms with Crippen LogP contribution in [0.4, 0.5) is 0 Å². The zero-order chi connectivity index (χ0) is 53.4. The summed E-state index contributed by atoms with van der Waals surface area (Å²) in [5.41, 5.74) is 0. The second kappa shape index (κ2) is 38.3. The molecule has 3 saturated heterocycles. The highest BCUT2D eigenvalue weighted by molar-refractivity contribution is 5.76. The predicted molar refractivity (Wildman–Crippen MR) is 272 cm³/mol. The third-order valence-corrected chi connectivity index (χ3v) is 13.7. The topological polar surface area (TPSA) is 307 Å². The summed E-state index contributed by atoms with van der Waals surface area (Å²) in [5.74, 6) is -0.259. The largest absolute Gasteiger partial charge is 0.394 e. The van der Waals surface area contributed by atoms with E-state index in [-0.39, 0.29) is 18.9 Å². The van der Waals surface area contributed by atoms with E-state index in [2.05, 4.69) is 67.8 Å². The van der Waals surface area contributed by atoms with Gasteiger partial charge in [-0.05, 0) is 51.4 Å². The van der Waals surface area contributed by atoms with Gasteiger partial charge in [0, 0.05) is 6.42 Å². The summed E-state index contributed by atoms with van der Waals surface area (Å²) < 4.78 is 34.1. The molecule has 3 heterocycles. The second-order valence-corrected chi connectivity index (χ2v) is 19.7. The Kier molecular flexibility index (Phi) is 34.1. The predicted octanol–water partition coefficient (Wildman–Crippen LogP) is 3.14. The summed E-state index contributed by atoms with van der Waals surface area (Å²) in [6, 6.07) is -0.889. The molecule has 73 heavy (non-hydrogen) atoms. The molecule has 3 rings (SSSR count). The van der Waals surface area contributed by atoms with Gasteiger partial charge in [0.15, 0.2) is 18.9 Å². The highest BCUT2D eigenvalue weighted by atomic mass is 16.8. The van der Waals surface area contributed by atoms with Crippen LogP contribution in [-0.4, -0.2) is 193 Å². The van der Waals surface area contributed by atoms with E-state index in [4.69, 9.17) is 28.4 Å². The first-order valence-corrected chi connectivity index (χ1v) is 27.4. The van der Waals surface area contributed by atoms with Crippen molar-refractivity contribution in [1.29, 1.82) is 0 Å². The van der Waals surface area contributed by atoms with E-state index in [1.54, 1.807) is 0 Å². The van der Waals surface area contributed by atoms with E-state index in [0.717, 1.165) is 96.3 Å². The maximum Gasteiger partial charge on any atom is 0.220 e. The lowest BCUT2D eigenvalue weighted by Crippen LogP contribution is -2.66. The van der Waals surface area contributed by atoms with E-state index >= 15 is 0 Å². The van der Waals surface area contributed by atoms with Crippen molar-refractivity contribution in [2.24, 2.45) is 0 Å². The van der Waals surface area contributed by atoms with Gasteiger partial charge in [0.25, 0.3) is 0 Å². The van der Waals surface area contributed by atoms with E-state index in [9.17, 15) is 61.0 Å². The molecule has 0 aliphatic carbocycles. The van der Waals surface area contributed by atoms with Gasteiger partial charge in [-0.25, -0.2) is 0 Å². The molecule has 19 nitrogen and oxygen atoms in total. The average Bonchev–Trinajstić information content (AvgIpc) is 3.39. The zero-order valence-electron chi connectivity index (χ0n) is 43.6. The smallest absolute Gasteiger partial charge is 0.220 e. The van der Waals surface area contributed by atoms with Crippen LogP contribution in [0.5, 0.6) is 0 Å². The van der Waals surface area contributed by atoms with Gasteiger partial charge in [-0.3, -0.25) is 4.79 Å². The maximum absolute atomic E-state index is 13.2. The molecule has 0 saturated carbocycles. The maximum atomic E-state index is 13.2. The minimum Gasteiger partial charge on any atom is -0.394 e. The van der Waals surface area contributed by atoms with Crippen LogP contribution in [0.25, 0.3) is 0 Å². The molecule has 19 heteroatoms. The molecule has 0 aromatic heterocycles. The summed E-state index contributed by atoms with van der Waals surface area (Å²) in [5, 5.41) is 120. The first-order valence-electron chi connectivity index (χ1n) is 27.4. The third kappa shape index (κ3) is 23.5. The minimum absolute atomic E-state index is 0.254. The van der Waals surface area contributed by atoms with Crippen molar-refractivity contribution < 1.29 is 89.4 Å². The van der Waals surface area contributed by atoms with Gasteiger partial charge < -0.3 is 89.9 Å². The molecule has 3 aliphatic heterocycles. The fourth-order valence-electron chi connectivity index (χ4n) is 9.13. The number of nitrogens with one attached hydrogen (secondary N) is 1. The lowest BCUT2D eigenvalue weighted by molar-refractivity contribution is -0.379. The van der Waals surface area contributed by atoms with Gasteiger partial charge in [0.2, 0.25) is 5.91 Å². The fraction of sp³-hybridized carbons (Fsp3) is 0.833. The molecule has 17 atom stereocenters. The lowest BCUT2D eigenvalue weighted by atomic mass is 9.96. The number of ether oxygens (including phenoxy) is 6. The second-order valence-electron chi connectivity index (χ2n) is 19.7. The molecular formula is C54H95NO18. The van der Waals surface area contributed by atoms with Crippen molar-refractivity contribution in [3.63, 3.8) is 0 Å². The molecule has 0 radical (unpaired) electrons. The Hall–Kier alpha value is -2.25. The Morgan fingerprint density at radius 3 is 1.48 bits per heavy atom. The molecule has 0 bridgehead atoms. The van der Waals surface area contributed by atoms with Crippen molar-refractivity contribution in [1.82, 2.24) is 5.32 Å². The Morgan fingerprint density at radius 1 is 0.507 bits per heavy atom. The van der Waals surface area contributed by atoms with E-state index in [0.29, 0.717) is 12.8 Å². The molecule has 424 valence electrons. The summed E-state index contributed by atoms with van der Waals surface area (Å²) in [4.78, 5) is 13.2. The molecule has 17 unspecified atom stereocenters. The average molecular weight is 1050 g/mol. The lowest BCUT2D eigenvalue weighted by Gasteiger charge is -2.48. The normalized spacial score (nSPS) is 32.1. The Bertz CT molecular complexity index is 1530. The molecule has 0 aromatic carbocycles. The minimum atomic E-state index is -1.97. The number of amides is 1. The van der Waals surface area contributed by atoms with Crippen molar-refractivity contribution in [3.8, 4) is 0 Å². The zero-order valence-corrected chi connectivity index (χ0v) is 43.6. The van der Waals surface area contributed by atoms with Crippen molar-refractivity contribution in [2.75, 3.05) is 26.4 Å². The Morgan fingerprint density at radius 2 is 0.945 bits per heavy atom. The quantitative estimate of drug-likeness (QED) is 0.0312. The van der Waals surface area contributed by atoms with Crippen molar-refractivity contribution in [2.45, 2.75) is 259 Å². The molecular weight excluding hydrogens is 951 g/mol. The summed E-state index contributed by atoms with van der Waals surface area (Å²) in [7, 11) is 0. The van der Waals surface area contributed by atoms with Crippen LogP contribution in [0.15, 0.2) is 48.6 Å². The number of carbonyl (C=O) groups excluding carboxylic acids is 1. The number of aliphatic hydroxyl groups excluding tert-OH is 11. The summed E-state index contributed by atoms with van der Waals surface area (Å²) in [6.45, 7) is 1.58. The number of rotatable bonds is 38. The van der Waals surface area contributed by atoms with Crippen molar-refractivity contribution >= 4 is 5.91 Å². The highest BCUT2D eigenvalue weighted by Crippen LogP contribution is 2.33. The van der Waals surface area contributed by atoms with Gasteiger partial charge in [-0.15, -0.1) is 0 Å². The van der Waals surface area contributed by atoms with Gasteiger partial charge >= 0.3 is 0 Å². The Labute approximate surface area is 433 Å². The Balaban J connectivity index is 1.46. The number of unbranched alkanes of at least 4 members (excludes halogenated alkanes) is 14. The van der Waals surface area contributed by atoms with Gasteiger partial charge in [0.1, 0.15) is 73.2 Å². The molecule has 1 amide bonds. The third-order valence-electron chi connectivity index (χ3n) is 13.7. The number of hydrogen-bond acceptors (Lipinski definition) is 18. The van der Waals surface area contributed by atoms with Crippen molar-refractivity contribution in [3.05, 3.63) is 48.6 Å². The molecule has 0 aromatic rings. The van der Waals surface area contributed by atoms with Crippen LogP contribution in [0.3, 0.4) is 0 Å². The van der Waals surface area contributed by atoms with Gasteiger partial charge in [-0.1, -0.05) is 146 Å². The summed E-state index contributed by atoms with van der Waals surface area (Å²) in [6.07, 6.45) is 12.4. The first kappa shape index (κ1) is 65.0. The molecule has 3 fully saturated rings. The van der Waals surface area contributed by atoms with Crippen LogP contribution < -0.4 is 5.32 Å². The number of hydrogen-bond donors (Lipinski definition) is 12. The van der Waals surface area contributed by atoms with E-state index < -0.39 is 124 Å². The highest BCUT2D eigenvalue weighted by Gasteiger charge is 2.53. The van der Waals surface area contributed by atoms with Crippen LogP contribution in [0.1, 0.15) is 155 Å². The van der Waals surface area contributed by atoms with Crippen LogP contribution in [0.2, 0.25) is 0 Å². The monoisotopic (exact) mass is 1050 g/mol. The first-order chi connectivity index (χ1) is 35.3. The molecule has 12 N–H and O–H groups in total. The van der Waals surface area contributed by atoms with E-state index in [1.165, 1.54) is 25.7 Å². The van der Waals surface area contributed by atoms with Crippen LogP contribution in [0, 0.1) is 0 Å². The van der Waals surface area contributed by atoms with Gasteiger partial charge in [-0.2, -0.15) is 0 Å². The number of allylic oxidation sites excluding steroid dienone is 8. The van der Waals surface area contributed by atoms with Gasteiger partial charge in [0.05, 0.1) is 38.6 Å². The number of aliphatic hydroxyl groups is 11. The molecule has 3 aliphatic rings. The van der Waals surface area contributed by atoms with E-state index in [1.807, 2.05) is 0 Å². The standard InChI is InChI=1S/C54H95NO18/c1-3-5-7-9-11-12-13-14-15-16-17-18-19-20-21-22-23-24-26-28-30-32-42(60)55-37(38(59)31-29-27-25-10-8-6-4-2)36-68-52-48(66)45(63)50(40(34-57)70-52)73-54-49(67)46(64)51(41(35-58)71-54)72-53-47(65)44(62)43(61)39(33-56)69-53/h5,7,11-12,14-15,17-18,37-41,43-54,56-59,61-67H,3-4,6,8-10,13,16,19-36H2,1-2H3,(H,55,60)/b7-5-,12-11-,15-14-,18-17-. The van der Waals surface area contributed by atoms with Crippen LogP contribution in [-0.2, 0) is 33.2 Å². The van der Waals surface area contributed by atoms with Crippen LogP contribution >= 0.6 is 0 Å². The summed E-state index contributed by atoms with van der Waals surface area (Å²) >= 11 is 0. The molecule has 0 spiro atoms.